The van der Waals surface area contributed by atoms with Crippen molar-refractivity contribution in [1.29, 1.82) is 0 Å². The van der Waals surface area contributed by atoms with Gasteiger partial charge in [0, 0.05) is 13.2 Å². The van der Waals surface area contributed by atoms with Crippen LogP contribution in [0.4, 0.5) is 5.69 Å². The highest BCUT2D eigenvalue weighted by molar-refractivity contribution is 6.34. The zero-order chi connectivity index (χ0) is 17.4. The second kappa shape index (κ2) is 9.91. The summed E-state index contributed by atoms with van der Waals surface area (Å²) in [7, 11) is 0. The van der Waals surface area contributed by atoms with Gasteiger partial charge in [-0.1, -0.05) is 31.0 Å². The van der Waals surface area contributed by atoms with Crippen LogP contribution in [0.2, 0.25) is 5.02 Å². The monoisotopic (exact) mass is 340 g/mol. The molecule has 0 aliphatic carbocycles. The average molecular weight is 341 g/mol. The molecule has 0 heterocycles. The van der Waals surface area contributed by atoms with Gasteiger partial charge in [-0.15, -0.1) is 0 Å². The highest BCUT2D eigenvalue weighted by Crippen LogP contribution is 2.27. The minimum atomic E-state index is -0.259. The van der Waals surface area contributed by atoms with Gasteiger partial charge in [0.1, 0.15) is 0 Å². The van der Waals surface area contributed by atoms with Crippen molar-refractivity contribution in [3.05, 3.63) is 28.3 Å². The van der Waals surface area contributed by atoms with Crippen LogP contribution in [0, 0.1) is 13.8 Å². The molecule has 0 aliphatic rings. The van der Waals surface area contributed by atoms with Crippen molar-refractivity contribution < 1.29 is 9.90 Å². The van der Waals surface area contributed by atoms with Crippen LogP contribution in [0.15, 0.2) is 12.1 Å². The average Bonchev–Trinajstić information content (AvgIpc) is 2.50. The van der Waals surface area contributed by atoms with Crippen molar-refractivity contribution in [2.45, 2.75) is 53.0 Å². The molecule has 0 aromatic heterocycles. The number of carbonyl (C=O) groups excluding carboxylic acids is 1. The number of nitrogens with zero attached hydrogens (tertiary/aromatic N) is 1. The molecule has 0 saturated heterocycles. The Labute approximate surface area is 144 Å². The first-order valence-corrected chi connectivity index (χ1v) is 8.71. The Morgan fingerprint density at radius 1 is 1.30 bits per heavy atom. The van der Waals surface area contributed by atoms with E-state index in [1.165, 1.54) is 0 Å². The lowest BCUT2D eigenvalue weighted by Crippen LogP contribution is -2.43. The topological polar surface area (TPSA) is 52.6 Å². The number of aliphatic hydroxyl groups is 1. The van der Waals surface area contributed by atoms with Crippen LogP contribution in [0.5, 0.6) is 0 Å². The number of amides is 1. The van der Waals surface area contributed by atoms with E-state index in [1.54, 1.807) is 0 Å². The smallest absolute Gasteiger partial charge is 0.241 e. The Bertz CT molecular complexity index is 489. The summed E-state index contributed by atoms with van der Waals surface area (Å²) in [6.45, 7) is 9.66. The van der Waals surface area contributed by atoms with Crippen LogP contribution in [-0.2, 0) is 4.79 Å². The van der Waals surface area contributed by atoms with Gasteiger partial charge in [0.15, 0.2) is 0 Å². The molecule has 0 aliphatic heterocycles. The van der Waals surface area contributed by atoms with E-state index in [0.29, 0.717) is 23.7 Å². The number of anilines is 1. The van der Waals surface area contributed by atoms with Gasteiger partial charge in [-0.25, -0.2) is 0 Å². The molecule has 130 valence electrons. The van der Waals surface area contributed by atoms with Crippen LogP contribution >= 0.6 is 11.6 Å². The molecule has 1 rings (SSSR count). The highest BCUT2D eigenvalue weighted by atomic mass is 35.5. The number of hydrogen-bond acceptors (Lipinski definition) is 3. The molecule has 1 amide bonds. The molecule has 4 nitrogen and oxygen atoms in total. The fourth-order valence-corrected chi connectivity index (χ4v) is 2.97. The van der Waals surface area contributed by atoms with Crippen molar-refractivity contribution in [2.75, 3.05) is 25.0 Å². The molecule has 2 N–H and O–H groups in total. The Balaban J connectivity index is 2.81. The van der Waals surface area contributed by atoms with Gasteiger partial charge in [-0.3, -0.25) is 9.69 Å². The van der Waals surface area contributed by atoms with Crippen LogP contribution in [0.3, 0.4) is 0 Å². The second-order valence-corrected chi connectivity index (χ2v) is 6.48. The number of carbonyl (C=O) groups is 1. The molecule has 1 unspecified atom stereocenters. The molecule has 1 atom stereocenters. The van der Waals surface area contributed by atoms with Crippen molar-refractivity contribution in [1.82, 2.24) is 4.90 Å². The second-order valence-electron chi connectivity index (χ2n) is 6.07. The molecular formula is C18H29ClN2O2. The van der Waals surface area contributed by atoms with Gasteiger partial charge in [0.2, 0.25) is 5.91 Å². The largest absolute Gasteiger partial charge is 0.396 e. The van der Waals surface area contributed by atoms with Crippen molar-refractivity contribution in [3.63, 3.8) is 0 Å². The summed E-state index contributed by atoms with van der Waals surface area (Å²) in [5.41, 5.74) is 2.73. The van der Waals surface area contributed by atoms with Crippen molar-refractivity contribution in [3.8, 4) is 0 Å². The number of halogens is 1. The van der Waals surface area contributed by atoms with Gasteiger partial charge < -0.3 is 10.4 Å². The Morgan fingerprint density at radius 3 is 2.52 bits per heavy atom. The number of rotatable bonds is 9. The lowest BCUT2D eigenvalue weighted by molar-refractivity contribution is -0.120. The number of unbranched alkanes of at least 4 members (excludes halogenated alkanes) is 1. The summed E-state index contributed by atoms with van der Waals surface area (Å²) in [6, 6.07) is 3.60. The van der Waals surface area contributed by atoms with Gasteiger partial charge >= 0.3 is 0 Å². The predicted octanol–water partition coefficient (Wildman–Crippen LogP) is 3.77. The summed E-state index contributed by atoms with van der Waals surface area (Å²) in [5.74, 6) is -0.0621. The zero-order valence-electron chi connectivity index (χ0n) is 14.7. The van der Waals surface area contributed by atoms with E-state index in [9.17, 15) is 4.79 Å². The number of aliphatic hydroxyl groups excluding tert-OH is 1. The van der Waals surface area contributed by atoms with Gasteiger partial charge in [-0.2, -0.15) is 0 Å². The summed E-state index contributed by atoms with van der Waals surface area (Å²) in [4.78, 5) is 14.7. The third kappa shape index (κ3) is 6.13. The first-order valence-electron chi connectivity index (χ1n) is 8.33. The summed E-state index contributed by atoms with van der Waals surface area (Å²) in [6.07, 6.45) is 2.78. The molecule has 0 fully saturated rings. The van der Waals surface area contributed by atoms with E-state index in [4.69, 9.17) is 16.7 Å². The quantitative estimate of drug-likeness (QED) is 0.719. The summed E-state index contributed by atoms with van der Waals surface area (Å²) < 4.78 is 0. The van der Waals surface area contributed by atoms with Gasteiger partial charge in [0.05, 0.1) is 16.8 Å². The summed E-state index contributed by atoms with van der Waals surface area (Å²) >= 11 is 6.27. The Kier molecular flexibility index (Phi) is 8.59. The van der Waals surface area contributed by atoms with E-state index >= 15 is 0 Å². The highest BCUT2D eigenvalue weighted by Gasteiger charge is 2.22. The van der Waals surface area contributed by atoms with E-state index in [2.05, 4.69) is 17.1 Å². The SMILES string of the molecule is CCCCN(CCCO)C(C)C(=O)Nc1c(C)cc(C)cc1Cl. The zero-order valence-corrected chi connectivity index (χ0v) is 15.4. The molecule has 0 spiro atoms. The van der Waals surface area contributed by atoms with E-state index in [-0.39, 0.29) is 18.6 Å². The number of nitrogens with one attached hydrogen (secondary N) is 1. The maximum Gasteiger partial charge on any atom is 0.241 e. The van der Waals surface area contributed by atoms with Crippen LogP contribution in [0.25, 0.3) is 0 Å². The molecular weight excluding hydrogens is 312 g/mol. The third-order valence-corrected chi connectivity index (χ3v) is 4.31. The molecule has 0 radical (unpaired) electrons. The van der Waals surface area contributed by atoms with Gasteiger partial charge in [-0.05, 0) is 57.4 Å². The van der Waals surface area contributed by atoms with Crippen molar-refractivity contribution >= 4 is 23.2 Å². The fraction of sp³-hybridized carbons (Fsp3) is 0.611. The predicted molar refractivity (Wildman–Crippen MR) is 97.2 cm³/mol. The molecule has 1 aromatic rings. The fourth-order valence-electron chi connectivity index (χ4n) is 2.60. The Hall–Kier alpha value is -1.10. The number of hydrogen-bond donors (Lipinski definition) is 2. The molecule has 1 aromatic carbocycles. The van der Waals surface area contributed by atoms with E-state index in [1.807, 2.05) is 32.9 Å². The third-order valence-electron chi connectivity index (χ3n) is 4.01. The van der Waals surface area contributed by atoms with Crippen LogP contribution in [0.1, 0.15) is 44.2 Å². The van der Waals surface area contributed by atoms with Crippen molar-refractivity contribution in [2.24, 2.45) is 0 Å². The number of benzene rings is 1. The maximum atomic E-state index is 12.6. The first kappa shape index (κ1) is 19.9. The normalized spacial score (nSPS) is 12.5. The summed E-state index contributed by atoms with van der Waals surface area (Å²) in [5, 5.41) is 12.6. The Morgan fingerprint density at radius 2 is 1.96 bits per heavy atom. The molecule has 23 heavy (non-hydrogen) atoms. The minimum Gasteiger partial charge on any atom is -0.396 e. The molecule has 5 heteroatoms. The molecule has 0 saturated carbocycles. The number of aryl methyl sites for hydroxylation is 2. The maximum absolute atomic E-state index is 12.6. The van der Waals surface area contributed by atoms with E-state index < -0.39 is 0 Å². The molecule has 0 bridgehead atoms. The minimum absolute atomic E-state index is 0.0621. The lowest BCUT2D eigenvalue weighted by atomic mass is 10.1. The van der Waals surface area contributed by atoms with Crippen LogP contribution in [-0.4, -0.2) is 41.7 Å². The van der Waals surface area contributed by atoms with E-state index in [0.717, 1.165) is 30.5 Å². The van der Waals surface area contributed by atoms with Crippen LogP contribution < -0.4 is 5.32 Å². The first-order chi connectivity index (χ1) is 10.9. The standard InChI is InChI=1S/C18H29ClN2O2/c1-5-6-8-21(9-7-10-22)15(4)18(23)20-17-14(3)11-13(2)12-16(17)19/h11-12,15,22H,5-10H2,1-4H3,(H,20,23). The van der Waals surface area contributed by atoms with Gasteiger partial charge in [0.25, 0.3) is 0 Å². The lowest BCUT2D eigenvalue weighted by Gasteiger charge is -2.28.